The lowest BCUT2D eigenvalue weighted by Crippen LogP contribution is -2.60. The van der Waals surface area contributed by atoms with E-state index < -0.39 is 23.8 Å². The summed E-state index contributed by atoms with van der Waals surface area (Å²) in [5, 5.41) is 58.6. The molecule has 16 heteroatoms. The van der Waals surface area contributed by atoms with Gasteiger partial charge >= 0.3 is 29.8 Å². The van der Waals surface area contributed by atoms with Crippen molar-refractivity contribution in [3.05, 3.63) is 90.0 Å². The second-order valence-electron chi connectivity index (χ2n) is 21.9. The van der Waals surface area contributed by atoms with Gasteiger partial charge in [0.2, 0.25) is 0 Å². The normalized spacial score (nSPS) is 18.8. The summed E-state index contributed by atoms with van der Waals surface area (Å²) in [4.78, 5) is 58.4. The molecule has 6 N–H and O–H groups in total. The number of aliphatic hydroxyl groups excluding tert-OH is 4. The molecule has 16 nitrogen and oxygen atoms in total. The smallest absolute Gasteiger partial charge is 0.339 e. The van der Waals surface area contributed by atoms with Crippen molar-refractivity contribution in [2.75, 3.05) is 39.6 Å². The molecular weight excluding hydrogens is 1130 g/mol. The number of aromatic hydroxyl groups is 1. The largest absolute Gasteiger partial charge is 0.508 e. The lowest BCUT2D eigenvalue weighted by Gasteiger charge is -2.59. The van der Waals surface area contributed by atoms with E-state index in [0.29, 0.717) is 48.3 Å². The molecule has 520 valence electrons. The van der Waals surface area contributed by atoms with Gasteiger partial charge < -0.3 is 54.3 Å². The average Bonchev–Trinajstić information content (AvgIpc) is 0.810. The number of phenolic OH excluding ortho intramolecular Hbond substituents is 1. The van der Waals surface area contributed by atoms with Gasteiger partial charge in [0, 0.05) is 6.42 Å². The molecule has 0 amide bonds. The molecule has 89 heavy (non-hydrogen) atoms. The fourth-order valence-corrected chi connectivity index (χ4v) is 9.78. The summed E-state index contributed by atoms with van der Waals surface area (Å²) in [5.41, 5.74) is 0.891. The summed E-state index contributed by atoms with van der Waals surface area (Å²) < 4.78 is 25.6. The van der Waals surface area contributed by atoms with Gasteiger partial charge in [-0.05, 0) is 127 Å². The first-order valence-corrected chi connectivity index (χ1v) is 28.4. The summed E-state index contributed by atoms with van der Waals surface area (Å²) in [5.74, 6) is 0.138. The number of esters is 5. The molecule has 4 aromatic carbocycles. The molecule has 4 bridgehead atoms. The molecule has 0 saturated heterocycles. The number of phenols is 1. The van der Waals surface area contributed by atoms with Crippen LogP contribution in [0.15, 0.2) is 78.9 Å². The van der Waals surface area contributed by atoms with Crippen LogP contribution in [0.25, 0.3) is 21.5 Å². The van der Waals surface area contributed by atoms with Crippen molar-refractivity contribution in [1.29, 1.82) is 0 Å². The highest BCUT2D eigenvalue weighted by Gasteiger charge is 2.59. The van der Waals surface area contributed by atoms with E-state index in [9.17, 15) is 34.2 Å². The van der Waals surface area contributed by atoms with Crippen LogP contribution in [0.1, 0.15) is 236 Å². The molecule has 0 radical (unpaired) electrons. The van der Waals surface area contributed by atoms with E-state index in [-0.39, 0.29) is 167 Å². The lowest BCUT2D eigenvalue weighted by molar-refractivity contribution is -0.222. The van der Waals surface area contributed by atoms with Crippen molar-refractivity contribution in [3.63, 3.8) is 0 Å². The minimum absolute atomic E-state index is 0. The maximum absolute atomic E-state index is 12.8. The Morgan fingerprint density at radius 2 is 0.910 bits per heavy atom. The summed E-state index contributed by atoms with van der Waals surface area (Å²) in [6.45, 7) is 18.4. The molecule has 0 aromatic heterocycles. The van der Waals surface area contributed by atoms with Crippen LogP contribution in [0.3, 0.4) is 0 Å². The molecule has 4 aliphatic rings. The third kappa shape index (κ3) is 32.3. The Balaban J connectivity index is -0.000000158. The zero-order chi connectivity index (χ0) is 58.9. The number of carbonyl (C=O) groups is 5. The SMILES string of the molecule is C.C.C.C.C.C.C.C.C.C.CCC(C)C(=O)OC12CC3CC(CC(O)(C3)C1)C2.CCC(C)C(=O)OCC(O)CO.CCC(C)C(=O)OCC(O)COC(=O)c1c2ccccc2cc2ccccc12.CCC(C)C(=O)OCCO.CCC(C)c1ccc(O)cc1. The minimum Gasteiger partial charge on any atom is -0.508 e. The zero-order valence-corrected chi connectivity index (χ0v) is 48.5. The number of hydrogen-bond acceptors (Lipinski definition) is 16. The summed E-state index contributed by atoms with van der Waals surface area (Å²) in [6, 6.07) is 24.7. The Kier molecular flexibility index (Phi) is 56.0. The van der Waals surface area contributed by atoms with Crippen LogP contribution in [0.5, 0.6) is 5.75 Å². The molecule has 0 heterocycles. The predicted octanol–water partition coefficient (Wildman–Crippen LogP) is 16.5. The fraction of sp³-hybridized carbons (Fsp3) is 0.658. The summed E-state index contributed by atoms with van der Waals surface area (Å²) >= 11 is 0. The van der Waals surface area contributed by atoms with Gasteiger partial charge in [-0.15, -0.1) is 0 Å². The van der Waals surface area contributed by atoms with Gasteiger partial charge in [0.1, 0.15) is 50.0 Å². The van der Waals surface area contributed by atoms with Gasteiger partial charge in [-0.2, -0.15) is 0 Å². The van der Waals surface area contributed by atoms with Gasteiger partial charge in [0.15, 0.2) is 0 Å². The highest BCUT2D eigenvalue weighted by Crippen LogP contribution is 2.59. The molecule has 4 saturated carbocycles. The molecule has 0 spiro atoms. The Morgan fingerprint density at radius 3 is 1.30 bits per heavy atom. The Bertz CT molecular complexity index is 2430. The number of hydrogen-bond donors (Lipinski definition) is 6. The van der Waals surface area contributed by atoms with Crippen molar-refractivity contribution >= 4 is 51.4 Å². The number of aliphatic hydroxyl groups is 5. The highest BCUT2D eigenvalue weighted by molar-refractivity contribution is 6.16. The lowest BCUT2D eigenvalue weighted by atomic mass is 9.52. The second-order valence-corrected chi connectivity index (χ2v) is 21.9. The van der Waals surface area contributed by atoms with Crippen molar-refractivity contribution in [2.45, 2.75) is 243 Å². The number of rotatable bonds is 21. The van der Waals surface area contributed by atoms with Gasteiger partial charge in [0.25, 0.3) is 0 Å². The predicted molar refractivity (Wildman–Crippen MR) is 371 cm³/mol. The highest BCUT2D eigenvalue weighted by atomic mass is 16.6. The van der Waals surface area contributed by atoms with Crippen molar-refractivity contribution in [3.8, 4) is 5.75 Å². The maximum Gasteiger partial charge on any atom is 0.339 e. The third-order valence-electron chi connectivity index (χ3n) is 15.2. The van der Waals surface area contributed by atoms with Gasteiger partial charge in [-0.25, -0.2) is 4.79 Å². The Morgan fingerprint density at radius 1 is 0.517 bits per heavy atom. The van der Waals surface area contributed by atoms with Gasteiger partial charge in [0.05, 0.1) is 48.0 Å². The zero-order valence-electron chi connectivity index (χ0n) is 48.5. The van der Waals surface area contributed by atoms with Gasteiger partial charge in [-0.1, -0.05) is 204 Å². The van der Waals surface area contributed by atoms with E-state index in [2.05, 4.69) is 18.6 Å². The topological polar surface area (TPSA) is 253 Å². The fourth-order valence-electron chi connectivity index (χ4n) is 9.78. The maximum atomic E-state index is 12.8. The average molecular weight is 1270 g/mol. The first-order chi connectivity index (χ1) is 37.5. The number of fused-ring (bicyclic) bond motifs is 2. The third-order valence-corrected chi connectivity index (χ3v) is 15.2. The van der Waals surface area contributed by atoms with Crippen molar-refractivity contribution in [2.24, 2.45) is 35.5 Å². The van der Waals surface area contributed by atoms with Gasteiger partial charge in [-0.3, -0.25) is 19.2 Å². The Hall–Kier alpha value is -5.65. The molecule has 4 aliphatic carbocycles. The van der Waals surface area contributed by atoms with Crippen LogP contribution in [0, 0.1) is 35.5 Å². The van der Waals surface area contributed by atoms with Crippen molar-refractivity contribution in [1.82, 2.24) is 0 Å². The second kappa shape index (κ2) is 50.0. The molecule has 4 fully saturated rings. The summed E-state index contributed by atoms with van der Waals surface area (Å²) in [7, 11) is 0. The van der Waals surface area contributed by atoms with E-state index in [0.717, 1.165) is 66.5 Å². The monoisotopic (exact) mass is 1260 g/mol. The molecular formula is C73H132O16. The molecule has 8 rings (SSSR count). The quantitative estimate of drug-likeness (QED) is 0.0258. The molecule has 9 unspecified atom stereocenters. The van der Waals surface area contributed by atoms with Crippen LogP contribution >= 0.6 is 0 Å². The summed E-state index contributed by atoms with van der Waals surface area (Å²) in [6.07, 6.45) is 7.81. The molecule has 9 atom stereocenters. The van der Waals surface area contributed by atoms with Crippen LogP contribution in [0.2, 0.25) is 0 Å². The number of benzene rings is 4. The molecule has 0 aliphatic heterocycles. The first-order valence-electron chi connectivity index (χ1n) is 28.4. The van der Waals surface area contributed by atoms with E-state index in [1.54, 1.807) is 32.9 Å². The Labute approximate surface area is 541 Å². The standard InChI is InChI=1S/C23H24O5.C15H24O3.C10H14O.C8H16O4.C7H14O3.10CH4/c1-3-15(2)22(25)27-13-18(24)14-28-23(26)21-19-10-6-4-8-16(19)12-17-9-5-7-11-20(17)21;1-3-10(2)13(16)18-15-7-11-4-12(8-15)6-14(17,5-11)9-15;1-3-8(2)9-4-6-10(11)7-5-9;1-3-6(2)8(11)12-5-7(10)4-9;1-3-6(2)7(9)10-5-4-8;;;;;;;;;;/h4-12,15,18,24H,3,13-14H2,1-2H3;10-12,17H,3-9H2,1-2H3;4-8,11H,3H2,1-2H3;6-7,9-10H,3-5H2,1-2H3;6,8H,3-5H2,1-2H3;10*1H4. The van der Waals surface area contributed by atoms with Crippen LogP contribution in [-0.2, 0) is 42.9 Å². The van der Waals surface area contributed by atoms with Crippen molar-refractivity contribution < 1.29 is 78.3 Å². The van der Waals surface area contributed by atoms with E-state index >= 15 is 0 Å². The number of ether oxygens (including phenoxy) is 5. The van der Waals surface area contributed by atoms with E-state index in [1.165, 1.54) is 12.0 Å². The van der Waals surface area contributed by atoms with Crippen LogP contribution < -0.4 is 0 Å². The van der Waals surface area contributed by atoms with E-state index in [1.807, 2.05) is 101 Å². The first kappa shape index (κ1) is 99.6. The van der Waals surface area contributed by atoms with Crippen LogP contribution in [-0.4, -0.2) is 124 Å². The molecule has 4 aromatic rings. The van der Waals surface area contributed by atoms with Crippen LogP contribution in [0.4, 0.5) is 0 Å². The minimum atomic E-state index is -1.07. The van der Waals surface area contributed by atoms with E-state index in [4.69, 9.17) is 39.4 Å². The number of carbonyl (C=O) groups excluding carboxylic acids is 5.